The first-order valence-corrected chi connectivity index (χ1v) is 9.97. The molecular formula is C22H20ClFN4O2. The van der Waals surface area contributed by atoms with Crippen LogP contribution in [0.15, 0.2) is 60.7 Å². The van der Waals surface area contributed by atoms with Crippen LogP contribution in [0.1, 0.15) is 0 Å². The lowest BCUT2D eigenvalue weighted by atomic mass is 10.1. The first-order chi connectivity index (χ1) is 14.6. The normalized spacial score (nSPS) is 13.9. The number of carbonyl (C=O) groups is 1. The maximum atomic E-state index is 12.9. The standard InChI is InChI=1S/C22H20ClFN4O2/c23-17-3-1-16(2-4-17)20-9-10-21(26-25-20)27-11-13-28(14-12-27)22(29)15-30-19-7-5-18(24)6-8-19/h1-10H,11-15H2. The second-order valence-electron chi connectivity index (χ2n) is 6.89. The van der Waals surface area contributed by atoms with Gasteiger partial charge in [-0.15, -0.1) is 10.2 Å². The highest BCUT2D eigenvalue weighted by Crippen LogP contribution is 2.21. The summed E-state index contributed by atoms with van der Waals surface area (Å²) in [7, 11) is 0. The molecular weight excluding hydrogens is 407 g/mol. The van der Waals surface area contributed by atoms with Gasteiger partial charge in [0.1, 0.15) is 11.6 Å². The topological polar surface area (TPSA) is 58.6 Å². The predicted molar refractivity (Wildman–Crippen MR) is 113 cm³/mol. The van der Waals surface area contributed by atoms with Crippen molar-refractivity contribution in [2.24, 2.45) is 0 Å². The van der Waals surface area contributed by atoms with Crippen molar-refractivity contribution in [2.45, 2.75) is 0 Å². The molecule has 1 amide bonds. The van der Waals surface area contributed by atoms with Crippen LogP contribution in [-0.2, 0) is 4.79 Å². The molecule has 6 nitrogen and oxygen atoms in total. The van der Waals surface area contributed by atoms with Gasteiger partial charge >= 0.3 is 0 Å². The lowest BCUT2D eigenvalue weighted by Gasteiger charge is -2.35. The molecule has 1 aliphatic rings. The molecule has 3 aromatic rings. The quantitative estimate of drug-likeness (QED) is 0.623. The molecule has 0 saturated carbocycles. The highest BCUT2D eigenvalue weighted by atomic mass is 35.5. The Bertz CT molecular complexity index is 989. The summed E-state index contributed by atoms with van der Waals surface area (Å²) in [5, 5.41) is 9.33. The van der Waals surface area contributed by atoms with Gasteiger partial charge in [-0.2, -0.15) is 0 Å². The summed E-state index contributed by atoms with van der Waals surface area (Å²) in [6.45, 7) is 2.41. The number of halogens is 2. The van der Waals surface area contributed by atoms with Gasteiger partial charge in [-0.05, 0) is 48.5 Å². The smallest absolute Gasteiger partial charge is 0.260 e. The average Bonchev–Trinajstić information content (AvgIpc) is 2.79. The zero-order valence-corrected chi connectivity index (χ0v) is 16.9. The number of hydrogen-bond acceptors (Lipinski definition) is 5. The van der Waals surface area contributed by atoms with Crippen molar-refractivity contribution < 1.29 is 13.9 Å². The zero-order chi connectivity index (χ0) is 20.9. The number of piperazine rings is 1. The Morgan fingerprint density at radius 1 is 0.933 bits per heavy atom. The van der Waals surface area contributed by atoms with Gasteiger partial charge in [0.25, 0.3) is 5.91 Å². The van der Waals surface area contributed by atoms with Gasteiger partial charge in [-0.1, -0.05) is 23.7 Å². The van der Waals surface area contributed by atoms with Gasteiger partial charge in [-0.25, -0.2) is 4.39 Å². The number of ether oxygens (including phenoxy) is 1. The van der Waals surface area contributed by atoms with E-state index in [-0.39, 0.29) is 18.3 Å². The van der Waals surface area contributed by atoms with Crippen molar-refractivity contribution in [3.05, 3.63) is 71.5 Å². The summed E-state index contributed by atoms with van der Waals surface area (Å²) >= 11 is 5.92. The number of amides is 1. The summed E-state index contributed by atoms with van der Waals surface area (Å²) < 4.78 is 18.4. The van der Waals surface area contributed by atoms with Crippen molar-refractivity contribution in [3.8, 4) is 17.0 Å². The number of carbonyl (C=O) groups excluding carboxylic acids is 1. The van der Waals surface area contributed by atoms with Crippen LogP contribution >= 0.6 is 11.6 Å². The molecule has 8 heteroatoms. The maximum Gasteiger partial charge on any atom is 0.260 e. The van der Waals surface area contributed by atoms with E-state index >= 15 is 0 Å². The fourth-order valence-electron chi connectivity index (χ4n) is 3.22. The van der Waals surface area contributed by atoms with E-state index in [4.69, 9.17) is 16.3 Å². The summed E-state index contributed by atoms with van der Waals surface area (Å²) in [5.41, 5.74) is 1.73. The Hall–Kier alpha value is -3.19. The Labute approximate surface area is 178 Å². The lowest BCUT2D eigenvalue weighted by Crippen LogP contribution is -2.50. The monoisotopic (exact) mass is 426 g/mol. The van der Waals surface area contributed by atoms with Gasteiger partial charge in [0.2, 0.25) is 0 Å². The van der Waals surface area contributed by atoms with Crippen LogP contribution in [0.4, 0.5) is 10.2 Å². The largest absolute Gasteiger partial charge is 0.484 e. The molecule has 0 radical (unpaired) electrons. The molecule has 2 aromatic carbocycles. The van der Waals surface area contributed by atoms with Crippen LogP contribution in [-0.4, -0.2) is 53.8 Å². The predicted octanol–water partition coefficient (Wildman–Crippen LogP) is 3.66. The highest BCUT2D eigenvalue weighted by molar-refractivity contribution is 6.30. The molecule has 0 N–H and O–H groups in total. The summed E-state index contributed by atoms with van der Waals surface area (Å²) in [5.74, 6) is 0.819. The molecule has 0 unspecified atom stereocenters. The van der Waals surface area contributed by atoms with Crippen LogP contribution in [0.5, 0.6) is 5.75 Å². The molecule has 2 heterocycles. The van der Waals surface area contributed by atoms with Crippen LogP contribution in [0.3, 0.4) is 0 Å². The number of hydrogen-bond donors (Lipinski definition) is 0. The summed E-state index contributed by atoms with van der Waals surface area (Å²) in [4.78, 5) is 16.2. The van der Waals surface area contributed by atoms with E-state index in [0.717, 1.165) is 17.1 Å². The van der Waals surface area contributed by atoms with Crippen molar-refractivity contribution in [2.75, 3.05) is 37.7 Å². The number of aromatic nitrogens is 2. The van der Waals surface area contributed by atoms with Crippen LogP contribution in [0, 0.1) is 5.82 Å². The Balaban J connectivity index is 1.29. The summed E-state index contributed by atoms with van der Waals surface area (Å²) in [6.07, 6.45) is 0. The third-order valence-electron chi connectivity index (χ3n) is 4.92. The van der Waals surface area contributed by atoms with E-state index in [9.17, 15) is 9.18 Å². The molecule has 0 spiro atoms. The number of anilines is 1. The number of nitrogens with zero attached hydrogens (tertiary/aromatic N) is 4. The molecule has 0 bridgehead atoms. The van der Waals surface area contributed by atoms with Crippen LogP contribution < -0.4 is 9.64 Å². The summed E-state index contributed by atoms with van der Waals surface area (Å²) in [6, 6.07) is 16.9. The molecule has 30 heavy (non-hydrogen) atoms. The van der Waals surface area contributed by atoms with Crippen molar-refractivity contribution in [1.29, 1.82) is 0 Å². The Morgan fingerprint density at radius 2 is 1.63 bits per heavy atom. The van der Waals surface area contributed by atoms with E-state index in [1.807, 2.05) is 36.4 Å². The van der Waals surface area contributed by atoms with Gasteiger partial charge in [0, 0.05) is 36.8 Å². The number of rotatable bonds is 5. The second kappa shape index (κ2) is 9.09. The molecule has 1 aliphatic heterocycles. The fourth-order valence-corrected chi connectivity index (χ4v) is 3.35. The van der Waals surface area contributed by atoms with E-state index in [2.05, 4.69) is 15.1 Å². The lowest BCUT2D eigenvalue weighted by molar-refractivity contribution is -0.133. The average molecular weight is 427 g/mol. The Kier molecular flexibility index (Phi) is 6.09. The molecule has 1 saturated heterocycles. The maximum absolute atomic E-state index is 12.9. The minimum Gasteiger partial charge on any atom is -0.484 e. The van der Waals surface area contributed by atoms with E-state index in [1.165, 1.54) is 24.3 Å². The SMILES string of the molecule is O=C(COc1ccc(F)cc1)N1CCN(c2ccc(-c3ccc(Cl)cc3)nn2)CC1. The number of benzene rings is 2. The third kappa shape index (κ3) is 4.86. The van der Waals surface area contributed by atoms with Crippen LogP contribution in [0.2, 0.25) is 5.02 Å². The van der Waals surface area contributed by atoms with Crippen molar-refractivity contribution in [3.63, 3.8) is 0 Å². The van der Waals surface area contributed by atoms with E-state index in [0.29, 0.717) is 37.0 Å². The third-order valence-corrected chi connectivity index (χ3v) is 5.17. The molecule has 1 fully saturated rings. The minimum atomic E-state index is -0.339. The van der Waals surface area contributed by atoms with Gasteiger partial charge in [-0.3, -0.25) is 4.79 Å². The molecule has 0 atom stereocenters. The molecule has 0 aliphatic carbocycles. The van der Waals surface area contributed by atoms with Crippen molar-refractivity contribution in [1.82, 2.24) is 15.1 Å². The molecule has 1 aromatic heterocycles. The molecule has 154 valence electrons. The van der Waals surface area contributed by atoms with E-state index < -0.39 is 0 Å². The van der Waals surface area contributed by atoms with Gasteiger partial charge in [0.15, 0.2) is 12.4 Å². The Morgan fingerprint density at radius 3 is 2.27 bits per heavy atom. The van der Waals surface area contributed by atoms with Gasteiger partial charge in [0.05, 0.1) is 5.69 Å². The first-order valence-electron chi connectivity index (χ1n) is 9.59. The van der Waals surface area contributed by atoms with Gasteiger partial charge < -0.3 is 14.5 Å². The first kappa shape index (κ1) is 20.1. The fraction of sp³-hybridized carbons (Fsp3) is 0.227. The van der Waals surface area contributed by atoms with Crippen LogP contribution in [0.25, 0.3) is 11.3 Å². The minimum absolute atomic E-state index is 0.0682. The van der Waals surface area contributed by atoms with E-state index in [1.54, 1.807) is 4.90 Å². The zero-order valence-electron chi connectivity index (χ0n) is 16.2. The molecule has 4 rings (SSSR count). The highest BCUT2D eigenvalue weighted by Gasteiger charge is 2.22. The second-order valence-corrected chi connectivity index (χ2v) is 7.33. The van der Waals surface area contributed by atoms with Crippen molar-refractivity contribution >= 4 is 23.3 Å².